The molecule has 3 unspecified atom stereocenters. The van der Waals surface area contributed by atoms with Crippen LogP contribution in [0, 0.1) is 0 Å². The third-order valence-electron chi connectivity index (χ3n) is 3.29. The number of amides is 2. The second kappa shape index (κ2) is 7.02. The molecule has 9 heteroatoms. The van der Waals surface area contributed by atoms with Gasteiger partial charge in [0.05, 0.1) is 6.42 Å². The predicted molar refractivity (Wildman–Crippen MR) is 70.2 cm³/mol. The zero-order chi connectivity index (χ0) is 16.2. The molecule has 1 aliphatic rings. The molecule has 1 aliphatic heterocycles. The lowest BCUT2D eigenvalue weighted by molar-refractivity contribution is -0.149. The van der Waals surface area contributed by atoms with Crippen molar-refractivity contribution in [2.75, 3.05) is 6.54 Å². The minimum atomic E-state index is -1.34. The van der Waals surface area contributed by atoms with Gasteiger partial charge >= 0.3 is 11.9 Å². The Bertz CT molecular complexity index is 452. The molecule has 0 radical (unpaired) electrons. The number of carboxylic acids is 2. The summed E-state index contributed by atoms with van der Waals surface area (Å²) in [6, 6.07) is -3.15. The van der Waals surface area contributed by atoms with Gasteiger partial charge in [0.2, 0.25) is 11.8 Å². The van der Waals surface area contributed by atoms with E-state index in [9.17, 15) is 19.2 Å². The molecule has 0 aliphatic carbocycles. The van der Waals surface area contributed by atoms with E-state index < -0.39 is 48.3 Å². The first kappa shape index (κ1) is 16.9. The van der Waals surface area contributed by atoms with Crippen molar-refractivity contribution < 1.29 is 29.4 Å². The van der Waals surface area contributed by atoms with Gasteiger partial charge in [-0.05, 0) is 19.8 Å². The first-order valence-corrected chi connectivity index (χ1v) is 6.55. The minimum absolute atomic E-state index is 0.324. The van der Waals surface area contributed by atoms with Crippen molar-refractivity contribution in [3.05, 3.63) is 0 Å². The molecular formula is C12H19N3O6. The summed E-state index contributed by atoms with van der Waals surface area (Å²) in [5.74, 6) is -3.56. The molecule has 1 saturated heterocycles. The van der Waals surface area contributed by atoms with Crippen molar-refractivity contribution in [2.45, 2.75) is 44.3 Å². The van der Waals surface area contributed by atoms with Gasteiger partial charge < -0.3 is 26.2 Å². The van der Waals surface area contributed by atoms with Crippen molar-refractivity contribution >= 4 is 23.8 Å². The molecule has 1 heterocycles. The molecule has 0 aromatic heterocycles. The zero-order valence-corrected chi connectivity index (χ0v) is 11.6. The number of aliphatic carboxylic acids is 2. The summed E-state index contributed by atoms with van der Waals surface area (Å²) in [6.45, 7) is 1.74. The smallest absolute Gasteiger partial charge is 0.326 e. The third-order valence-corrected chi connectivity index (χ3v) is 3.29. The first-order valence-electron chi connectivity index (χ1n) is 6.55. The number of likely N-dealkylation sites (tertiary alicyclic amines) is 1. The number of carbonyl (C=O) groups is 4. The van der Waals surface area contributed by atoms with E-state index in [1.807, 2.05) is 0 Å². The van der Waals surface area contributed by atoms with Gasteiger partial charge in [-0.3, -0.25) is 14.4 Å². The van der Waals surface area contributed by atoms with Gasteiger partial charge in [0.25, 0.3) is 0 Å². The van der Waals surface area contributed by atoms with E-state index >= 15 is 0 Å². The number of nitrogens with two attached hydrogens (primary N) is 1. The molecule has 5 N–H and O–H groups in total. The van der Waals surface area contributed by atoms with Crippen molar-refractivity contribution in [3.8, 4) is 0 Å². The summed E-state index contributed by atoms with van der Waals surface area (Å²) in [6.07, 6.45) is 0.522. The molecule has 0 aromatic rings. The Morgan fingerprint density at radius 3 is 2.48 bits per heavy atom. The standard InChI is InChI=1S/C12H19N3O6/c1-6(14-9(16)5-7(13)11(18)19)10(17)15-4-2-3-8(15)12(20)21/h6-8H,2-5,13H2,1H3,(H,14,16)(H,18,19)(H,20,21). The van der Waals surface area contributed by atoms with Crippen molar-refractivity contribution in [1.82, 2.24) is 10.2 Å². The van der Waals surface area contributed by atoms with Crippen LogP contribution in [0.1, 0.15) is 26.2 Å². The highest BCUT2D eigenvalue weighted by atomic mass is 16.4. The lowest BCUT2D eigenvalue weighted by Crippen LogP contribution is -2.51. The Morgan fingerprint density at radius 2 is 1.95 bits per heavy atom. The maximum absolute atomic E-state index is 12.1. The van der Waals surface area contributed by atoms with Crippen LogP contribution in [-0.2, 0) is 19.2 Å². The normalized spacial score (nSPS) is 20.7. The van der Waals surface area contributed by atoms with E-state index in [4.69, 9.17) is 15.9 Å². The Kier molecular flexibility index (Phi) is 5.65. The summed E-state index contributed by atoms with van der Waals surface area (Å²) < 4.78 is 0. The molecule has 0 bridgehead atoms. The van der Waals surface area contributed by atoms with Crippen LogP contribution in [-0.4, -0.2) is 63.5 Å². The SMILES string of the molecule is CC(NC(=O)CC(N)C(=O)O)C(=O)N1CCCC1C(=O)O. The Hall–Kier alpha value is -2.16. The van der Waals surface area contributed by atoms with E-state index in [0.29, 0.717) is 19.4 Å². The highest BCUT2D eigenvalue weighted by Crippen LogP contribution is 2.18. The summed E-state index contributed by atoms with van der Waals surface area (Å²) >= 11 is 0. The highest BCUT2D eigenvalue weighted by Gasteiger charge is 2.36. The fourth-order valence-corrected chi connectivity index (χ4v) is 2.19. The molecule has 0 aromatic carbocycles. The summed E-state index contributed by atoms with van der Waals surface area (Å²) in [5, 5.41) is 19.9. The van der Waals surface area contributed by atoms with Gasteiger partial charge in [-0.1, -0.05) is 0 Å². The quantitative estimate of drug-likeness (QED) is 0.460. The second-order valence-corrected chi connectivity index (χ2v) is 4.97. The second-order valence-electron chi connectivity index (χ2n) is 4.97. The van der Waals surface area contributed by atoms with Gasteiger partial charge in [-0.2, -0.15) is 0 Å². The number of hydrogen-bond acceptors (Lipinski definition) is 5. The average Bonchev–Trinajstić information content (AvgIpc) is 2.86. The molecule has 9 nitrogen and oxygen atoms in total. The lowest BCUT2D eigenvalue weighted by Gasteiger charge is -2.25. The number of nitrogens with one attached hydrogen (secondary N) is 1. The summed E-state index contributed by atoms with van der Waals surface area (Å²) in [5.41, 5.74) is 5.22. The molecule has 118 valence electrons. The predicted octanol–water partition coefficient (Wildman–Crippen LogP) is -1.63. The van der Waals surface area contributed by atoms with Gasteiger partial charge in [0, 0.05) is 6.54 Å². The zero-order valence-electron chi connectivity index (χ0n) is 11.6. The Labute approximate surface area is 121 Å². The molecular weight excluding hydrogens is 282 g/mol. The molecule has 3 atom stereocenters. The molecule has 0 saturated carbocycles. The van der Waals surface area contributed by atoms with Crippen molar-refractivity contribution in [2.24, 2.45) is 5.73 Å². The van der Waals surface area contributed by atoms with Crippen LogP contribution >= 0.6 is 0 Å². The Balaban J connectivity index is 2.56. The van der Waals surface area contributed by atoms with Crippen LogP contribution in [0.15, 0.2) is 0 Å². The number of rotatable bonds is 6. The molecule has 1 rings (SSSR count). The summed E-state index contributed by atoms with van der Waals surface area (Å²) in [7, 11) is 0. The van der Waals surface area contributed by atoms with Crippen LogP contribution in [0.25, 0.3) is 0 Å². The van der Waals surface area contributed by atoms with Crippen LogP contribution in [0.4, 0.5) is 0 Å². The maximum Gasteiger partial charge on any atom is 0.326 e. The number of nitrogens with zero attached hydrogens (tertiary/aromatic N) is 1. The van der Waals surface area contributed by atoms with E-state index in [-0.39, 0.29) is 0 Å². The van der Waals surface area contributed by atoms with E-state index in [0.717, 1.165) is 0 Å². The third kappa shape index (κ3) is 4.42. The van der Waals surface area contributed by atoms with Crippen LogP contribution < -0.4 is 11.1 Å². The van der Waals surface area contributed by atoms with E-state index in [1.165, 1.54) is 11.8 Å². The fraction of sp³-hybridized carbons (Fsp3) is 0.667. The van der Waals surface area contributed by atoms with E-state index in [2.05, 4.69) is 5.32 Å². The lowest BCUT2D eigenvalue weighted by atomic mass is 10.2. The highest BCUT2D eigenvalue weighted by molar-refractivity contribution is 5.91. The monoisotopic (exact) mass is 301 g/mol. The Morgan fingerprint density at radius 1 is 1.33 bits per heavy atom. The summed E-state index contributed by atoms with van der Waals surface area (Å²) in [4.78, 5) is 46.4. The fourth-order valence-electron chi connectivity index (χ4n) is 2.19. The molecule has 0 spiro atoms. The average molecular weight is 301 g/mol. The van der Waals surface area contributed by atoms with Gasteiger partial charge in [-0.25, -0.2) is 4.79 Å². The maximum atomic E-state index is 12.1. The van der Waals surface area contributed by atoms with E-state index in [1.54, 1.807) is 0 Å². The molecule has 2 amide bonds. The number of carbonyl (C=O) groups excluding carboxylic acids is 2. The topological polar surface area (TPSA) is 150 Å². The van der Waals surface area contributed by atoms with Crippen LogP contribution in [0.2, 0.25) is 0 Å². The number of carboxylic acid groups (broad SMARTS) is 2. The van der Waals surface area contributed by atoms with Crippen LogP contribution in [0.3, 0.4) is 0 Å². The first-order chi connectivity index (χ1) is 9.73. The number of hydrogen-bond donors (Lipinski definition) is 4. The van der Waals surface area contributed by atoms with Crippen LogP contribution in [0.5, 0.6) is 0 Å². The molecule has 21 heavy (non-hydrogen) atoms. The van der Waals surface area contributed by atoms with Gasteiger partial charge in [0.15, 0.2) is 0 Å². The largest absolute Gasteiger partial charge is 0.480 e. The molecule has 1 fully saturated rings. The van der Waals surface area contributed by atoms with Gasteiger partial charge in [-0.15, -0.1) is 0 Å². The van der Waals surface area contributed by atoms with Gasteiger partial charge in [0.1, 0.15) is 18.1 Å². The van der Waals surface area contributed by atoms with Crippen molar-refractivity contribution in [3.63, 3.8) is 0 Å². The van der Waals surface area contributed by atoms with Crippen molar-refractivity contribution in [1.29, 1.82) is 0 Å². The minimum Gasteiger partial charge on any atom is -0.480 e.